The van der Waals surface area contributed by atoms with Crippen molar-refractivity contribution in [1.29, 1.82) is 0 Å². The van der Waals surface area contributed by atoms with Crippen LogP contribution in [0, 0.1) is 17.8 Å². The standard InChI is InChI=1S/C18H24N2O2/c1-19(2)18(21)14-10-20(9-12-7-8-12)17-13-5-3-4-6-16(13)22-11-15(14)17/h3-6,12,14-15,17H,7-11H2,1-2H3/t14-,15+,17+/m1/s1. The quantitative estimate of drug-likeness (QED) is 0.857. The van der Waals surface area contributed by atoms with E-state index in [-0.39, 0.29) is 17.7 Å². The van der Waals surface area contributed by atoms with Crippen LogP contribution in [0.25, 0.3) is 0 Å². The summed E-state index contributed by atoms with van der Waals surface area (Å²) in [5.74, 6) is 2.43. The molecule has 3 aliphatic rings. The minimum Gasteiger partial charge on any atom is -0.493 e. The van der Waals surface area contributed by atoms with E-state index < -0.39 is 0 Å². The fraction of sp³-hybridized carbons (Fsp3) is 0.611. The monoisotopic (exact) mass is 300 g/mol. The van der Waals surface area contributed by atoms with Gasteiger partial charge in [-0.15, -0.1) is 0 Å². The second-order valence-electron chi connectivity index (χ2n) is 7.19. The van der Waals surface area contributed by atoms with E-state index in [0.717, 1.165) is 24.8 Å². The van der Waals surface area contributed by atoms with E-state index >= 15 is 0 Å². The van der Waals surface area contributed by atoms with Crippen molar-refractivity contribution in [2.75, 3.05) is 33.8 Å². The first-order chi connectivity index (χ1) is 10.6. The third-order valence-electron chi connectivity index (χ3n) is 5.36. The maximum atomic E-state index is 12.6. The molecule has 3 atom stereocenters. The van der Waals surface area contributed by atoms with E-state index in [1.165, 1.54) is 18.4 Å². The number of carbonyl (C=O) groups excluding carboxylic acids is 1. The summed E-state index contributed by atoms with van der Waals surface area (Å²) >= 11 is 0. The second-order valence-corrected chi connectivity index (χ2v) is 7.19. The van der Waals surface area contributed by atoms with E-state index in [4.69, 9.17) is 4.74 Å². The van der Waals surface area contributed by atoms with Crippen LogP contribution in [0.4, 0.5) is 0 Å². The molecule has 2 aliphatic heterocycles. The molecule has 4 rings (SSSR count). The van der Waals surface area contributed by atoms with Gasteiger partial charge in [-0.25, -0.2) is 0 Å². The Morgan fingerprint density at radius 1 is 1.32 bits per heavy atom. The molecule has 1 saturated heterocycles. The molecule has 118 valence electrons. The molecule has 2 fully saturated rings. The number of benzene rings is 1. The molecule has 1 aromatic rings. The SMILES string of the molecule is CN(C)C(=O)[C@@H]1CN(CC2CC2)[C@H]2c3ccccc3OC[C@@H]12. The first-order valence-electron chi connectivity index (χ1n) is 8.32. The Morgan fingerprint density at radius 2 is 2.09 bits per heavy atom. The average Bonchev–Trinajstić information content (AvgIpc) is 3.26. The summed E-state index contributed by atoms with van der Waals surface area (Å²) in [4.78, 5) is 16.9. The largest absolute Gasteiger partial charge is 0.493 e. The fourth-order valence-corrected chi connectivity index (χ4v) is 4.08. The first kappa shape index (κ1) is 14.1. The summed E-state index contributed by atoms with van der Waals surface area (Å²) in [6.45, 7) is 2.67. The smallest absolute Gasteiger partial charge is 0.226 e. The van der Waals surface area contributed by atoms with Gasteiger partial charge in [-0.2, -0.15) is 0 Å². The number of rotatable bonds is 3. The Hall–Kier alpha value is -1.55. The van der Waals surface area contributed by atoms with Gasteiger partial charge in [0, 0.05) is 44.7 Å². The Morgan fingerprint density at radius 3 is 2.82 bits per heavy atom. The fourth-order valence-electron chi connectivity index (χ4n) is 4.08. The number of ether oxygens (including phenoxy) is 1. The van der Waals surface area contributed by atoms with E-state index in [2.05, 4.69) is 23.1 Å². The van der Waals surface area contributed by atoms with Gasteiger partial charge in [-0.1, -0.05) is 18.2 Å². The van der Waals surface area contributed by atoms with Crippen LogP contribution < -0.4 is 4.74 Å². The van der Waals surface area contributed by atoms with Crippen molar-refractivity contribution in [3.8, 4) is 5.75 Å². The van der Waals surface area contributed by atoms with Crippen molar-refractivity contribution in [2.24, 2.45) is 17.8 Å². The zero-order valence-electron chi connectivity index (χ0n) is 13.4. The zero-order valence-corrected chi connectivity index (χ0v) is 13.4. The number of likely N-dealkylation sites (tertiary alicyclic amines) is 1. The predicted octanol–water partition coefficient (Wildman–Crippen LogP) is 2.17. The van der Waals surface area contributed by atoms with Crippen LogP contribution in [-0.2, 0) is 4.79 Å². The van der Waals surface area contributed by atoms with Crippen molar-refractivity contribution in [1.82, 2.24) is 9.80 Å². The van der Waals surface area contributed by atoms with Crippen LogP contribution in [0.15, 0.2) is 24.3 Å². The van der Waals surface area contributed by atoms with Gasteiger partial charge >= 0.3 is 0 Å². The third-order valence-corrected chi connectivity index (χ3v) is 5.36. The van der Waals surface area contributed by atoms with Gasteiger partial charge in [0.25, 0.3) is 0 Å². The van der Waals surface area contributed by atoms with Crippen LogP contribution in [0.2, 0.25) is 0 Å². The molecule has 0 radical (unpaired) electrons. The van der Waals surface area contributed by atoms with Gasteiger partial charge < -0.3 is 9.64 Å². The lowest BCUT2D eigenvalue weighted by Gasteiger charge is -2.34. The van der Waals surface area contributed by atoms with Gasteiger partial charge in [0.2, 0.25) is 5.91 Å². The molecule has 0 spiro atoms. The van der Waals surface area contributed by atoms with Crippen molar-refractivity contribution in [3.05, 3.63) is 29.8 Å². The highest BCUT2D eigenvalue weighted by Gasteiger charge is 2.50. The van der Waals surface area contributed by atoms with E-state index in [1.54, 1.807) is 4.90 Å². The Bertz CT molecular complexity index is 582. The van der Waals surface area contributed by atoms with Crippen molar-refractivity contribution >= 4 is 5.91 Å². The Labute approximate surface area is 132 Å². The summed E-state index contributed by atoms with van der Waals surface area (Å²) in [6.07, 6.45) is 2.69. The number of carbonyl (C=O) groups is 1. The lowest BCUT2D eigenvalue weighted by atomic mass is 9.84. The van der Waals surface area contributed by atoms with Gasteiger partial charge in [-0.05, 0) is 24.8 Å². The molecule has 1 aromatic carbocycles. The molecule has 1 amide bonds. The van der Waals surface area contributed by atoms with Crippen LogP contribution in [0.1, 0.15) is 24.4 Å². The van der Waals surface area contributed by atoms with Gasteiger partial charge in [0.15, 0.2) is 0 Å². The maximum absolute atomic E-state index is 12.6. The molecule has 22 heavy (non-hydrogen) atoms. The highest BCUT2D eigenvalue weighted by Crippen LogP contribution is 2.49. The van der Waals surface area contributed by atoms with Crippen LogP contribution in [-0.4, -0.2) is 49.5 Å². The van der Waals surface area contributed by atoms with E-state index in [1.807, 2.05) is 20.2 Å². The lowest BCUT2D eigenvalue weighted by Crippen LogP contribution is -2.37. The summed E-state index contributed by atoms with van der Waals surface area (Å²) in [7, 11) is 3.72. The molecule has 2 heterocycles. The maximum Gasteiger partial charge on any atom is 0.226 e. The topological polar surface area (TPSA) is 32.8 Å². The predicted molar refractivity (Wildman–Crippen MR) is 84.6 cm³/mol. The molecule has 1 aliphatic carbocycles. The molecule has 0 N–H and O–H groups in total. The normalized spacial score (nSPS) is 30.4. The minimum absolute atomic E-state index is 0.0621. The van der Waals surface area contributed by atoms with Gasteiger partial charge in [0.05, 0.1) is 12.5 Å². The van der Waals surface area contributed by atoms with Crippen molar-refractivity contribution < 1.29 is 9.53 Å². The molecule has 0 aromatic heterocycles. The number of hydrogen-bond acceptors (Lipinski definition) is 3. The Balaban J connectivity index is 1.67. The molecule has 4 nitrogen and oxygen atoms in total. The van der Waals surface area contributed by atoms with Crippen LogP contribution in [0.5, 0.6) is 5.75 Å². The summed E-state index contributed by atoms with van der Waals surface area (Å²) in [6, 6.07) is 8.69. The first-order valence-corrected chi connectivity index (χ1v) is 8.32. The average molecular weight is 300 g/mol. The van der Waals surface area contributed by atoms with Crippen LogP contribution in [0.3, 0.4) is 0 Å². The highest BCUT2D eigenvalue weighted by atomic mass is 16.5. The van der Waals surface area contributed by atoms with Crippen molar-refractivity contribution in [3.63, 3.8) is 0 Å². The molecule has 4 heteroatoms. The molecular weight excluding hydrogens is 276 g/mol. The van der Waals surface area contributed by atoms with E-state index in [0.29, 0.717) is 12.6 Å². The highest BCUT2D eigenvalue weighted by molar-refractivity contribution is 5.79. The molecular formula is C18H24N2O2. The number of nitrogens with zero attached hydrogens (tertiary/aromatic N) is 2. The summed E-state index contributed by atoms with van der Waals surface area (Å²) in [5.41, 5.74) is 1.27. The second kappa shape index (κ2) is 5.27. The molecule has 0 unspecified atom stereocenters. The minimum atomic E-state index is 0.0621. The van der Waals surface area contributed by atoms with Crippen LogP contribution >= 0.6 is 0 Å². The van der Waals surface area contributed by atoms with E-state index in [9.17, 15) is 4.79 Å². The molecule has 1 saturated carbocycles. The van der Waals surface area contributed by atoms with Crippen molar-refractivity contribution in [2.45, 2.75) is 18.9 Å². The van der Waals surface area contributed by atoms with Gasteiger partial charge in [-0.3, -0.25) is 9.69 Å². The molecule has 0 bridgehead atoms. The lowest BCUT2D eigenvalue weighted by molar-refractivity contribution is -0.134. The number of fused-ring (bicyclic) bond motifs is 3. The summed E-state index contributed by atoms with van der Waals surface area (Å²) < 4.78 is 5.97. The van der Waals surface area contributed by atoms with Gasteiger partial charge in [0.1, 0.15) is 5.75 Å². The number of para-hydroxylation sites is 1. The number of hydrogen-bond donors (Lipinski definition) is 0. The summed E-state index contributed by atoms with van der Waals surface area (Å²) in [5, 5.41) is 0. The zero-order chi connectivity index (χ0) is 15.3. The third kappa shape index (κ3) is 2.30. The Kier molecular flexibility index (Phi) is 3.37. The number of amides is 1.